The number of aryl methyl sites for hydroxylation is 3. The van der Waals surface area contributed by atoms with Crippen molar-refractivity contribution in [2.24, 2.45) is 0 Å². The number of nitrogens with zero attached hydrogens (tertiary/aromatic N) is 6. The molecule has 0 aliphatic carbocycles. The summed E-state index contributed by atoms with van der Waals surface area (Å²) in [4.78, 5) is 26.0. The second-order valence-corrected chi connectivity index (χ2v) is 7.42. The Morgan fingerprint density at radius 2 is 2.03 bits per heavy atom. The molecule has 0 saturated carbocycles. The number of pyridine rings is 1. The predicted octanol–water partition coefficient (Wildman–Crippen LogP) is 2.20. The first-order chi connectivity index (χ1) is 14.0. The van der Waals surface area contributed by atoms with Crippen LogP contribution in [0.5, 0.6) is 0 Å². The fourth-order valence-corrected chi connectivity index (χ4v) is 3.78. The molecule has 4 heterocycles. The maximum Gasteiger partial charge on any atom is 0.254 e. The summed E-state index contributed by atoms with van der Waals surface area (Å²) in [6.45, 7) is 8.61. The van der Waals surface area contributed by atoms with Crippen molar-refractivity contribution in [2.75, 3.05) is 19.6 Å². The summed E-state index contributed by atoms with van der Waals surface area (Å²) in [5.41, 5.74) is 2.63. The van der Waals surface area contributed by atoms with Gasteiger partial charge in [0.15, 0.2) is 5.82 Å². The van der Waals surface area contributed by atoms with Gasteiger partial charge in [-0.2, -0.15) is 5.10 Å². The van der Waals surface area contributed by atoms with Gasteiger partial charge in [-0.1, -0.05) is 5.16 Å². The Bertz CT molecular complexity index is 962. The predicted molar refractivity (Wildman–Crippen MR) is 105 cm³/mol. The van der Waals surface area contributed by atoms with Crippen LogP contribution in [0.4, 0.5) is 0 Å². The Hall–Kier alpha value is -3.07. The summed E-state index contributed by atoms with van der Waals surface area (Å²) in [6.07, 6.45) is 4.14. The highest BCUT2D eigenvalue weighted by Gasteiger charge is 2.33. The number of carbonyl (C=O) groups is 1. The molecule has 4 rings (SSSR count). The Morgan fingerprint density at radius 3 is 2.69 bits per heavy atom. The number of H-pyrrole nitrogens is 1. The van der Waals surface area contributed by atoms with Crippen molar-refractivity contribution in [1.82, 2.24) is 35.1 Å². The fraction of sp³-hybridized carbons (Fsp3) is 0.450. The van der Waals surface area contributed by atoms with E-state index in [4.69, 9.17) is 4.52 Å². The standard InChI is InChI=1S/C20H25N7O2/c1-13-17(14(2)29-25-13)11-26-9-4-10-27(20(28)16-5-7-21-8-6-16)18(12-26)19-22-15(3)23-24-19/h5-8,18H,4,9-12H2,1-3H3,(H,22,23,24). The van der Waals surface area contributed by atoms with Crippen LogP contribution in [0.25, 0.3) is 0 Å². The molecule has 3 aromatic rings. The summed E-state index contributed by atoms with van der Waals surface area (Å²) in [5.74, 6) is 2.18. The Morgan fingerprint density at radius 1 is 1.24 bits per heavy atom. The zero-order valence-electron chi connectivity index (χ0n) is 16.9. The van der Waals surface area contributed by atoms with Gasteiger partial charge in [-0.25, -0.2) is 4.98 Å². The van der Waals surface area contributed by atoms with Gasteiger partial charge in [0, 0.05) is 49.7 Å². The zero-order chi connectivity index (χ0) is 20.4. The van der Waals surface area contributed by atoms with Crippen molar-refractivity contribution in [3.8, 4) is 0 Å². The first-order valence-electron chi connectivity index (χ1n) is 9.77. The van der Waals surface area contributed by atoms with E-state index in [0.29, 0.717) is 24.5 Å². The quantitative estimate of drug-likeness (QED) is 0.722. The summed E-state index contributed by atoms with van der Waals surface area (Å²) in [7, 11) is 0. The fourth-order valence-electron chi connectivity index (χ4n) is 3.78. The number of hydrogen-bond donors (Lipinski definition) is 1. The number of aromatic nitrogens is 5. The smallest absolute Gasteiger partial charge is 0.254 e. The average Bonchev–Trinajstić information content (AvgIpc) is 3.21. The molecule has 0 spiro atoms. The lowest BCUT2D eigenvalue weighted by Gasteiger charge is -2.30. The van der Waals surface area contributed by atoms with E-state index < -0.39 is 0 Å². The van der Waals surface area contributed by atoms with Gasteiger partial charge in [0.05, 0.1) is 5.69 Å². The van der Waals surface area contributed by atoms with Crippen molar-refractivity contribution in [3.05, 3.63) is 58.8 Å². The first-order valence-corrected chi connectivity index (χ1v) is 9.77. The van der Waals surface area contributed by atoms with E-state index in [-0.39, 0.29) is 11.9 Å². The van der Waals surface area contributed by atoms with Gasteiger partial charge < -0.3 is 9.42 Å². The highest BCUT2D eigenvalue weighted by Crippen LogP contribution is 2.26. The molecule has 1 aliphatic rings. The molecular formula is C20H25N7O2. The van der Waals surface area contributed by atoms with Gasteiger partial charge in [0.2, 0.25) is 0 Å². The van der Waals surface area contributed by atoms with Gasteiger partial charge in [-0.05, 0) is 39.3 Å². The molecule has 9 nitrogen and oxygen atoms in total. The van der Waals surface area contributed by atoms with Crippen LogP contribution in [0.3, 0.4) is 0 Å². The van der Waals surface area contributed by atoms with E-state index in [1.165, 1.54) is 0 Å². The van der Waals surface area contributed by atoms with Crippen LogP contribution in [-0.4, -0.2) is 60.7 Å². The monoisotopic (exact) mass is 395 g/mol. The molecule has 1 unspecified atom stereocenters. The molecular weight excluding hydrogens is 370 g/mol. The third-order valence-electron chi connectivity index (χ3n) is 5.34. The molecule has 152 valence electrons. The molecule has 1 fully saturated rings. The van der Waals surface area contributed by atoms with E-state index in [2.05, 4.69) is 30.2 Å². The van der Waals surface area contributed by atoms with Crippen molar-refractivity contribution in [2.45, 2.75) is 39.8 Å². The van der Waals surface area contributed by atoms with Crippen LogP contribution in [-0.2, 0) is 6.54 Å². The molecule has 1 amide bonds. The highest BCUT2D eigenvalue weighted by atomic mass is 16.5. The Kier molecular flexibility index (Phi) is 5.39. The minimum Gasteiger partial charge on any atom is -0.361 e. The summed E-state index contributed by atoms with van der Waals surface area (Å²) in [5, 5.41) is 11.4. The molecule has 0 aromatic carbocycles. The number of aromatic amines is 1. The van der Waals surface area contributed by atoms with Crippen LogP contribution in [0.2, 0.25) is 0 Å². The van der Waals surface area contributed by atoms with Gasteiger partial charge in [-0.15, -0.1) is 0 Å². The van der Waals surface area contributed by atoms with E-state index >= 15 is 0 Å². The number of amides is 1. The van der Waals surface area contributed by atoms with Crippen LogP contribution in [0.15, 0.2) is 29.0 Å². The number of hydrogen-bond acceptors (Lipinski definition) is 7. The Labute approximate surface area is 169 Å². The molecule has 3 aromatic heterocycles. The zero-order valence-corrected chi connectivity index (χ0v) is 16.9. The average molecular weight is 395 g/mol. The van der Waals surface area contributed by atoms with Crippen molar-refractivity contribution in [3.63, 3.8) is 0 Å². The third-order valence-corrected chi connectivity index (χ3v) is 5.34. The van der Waals surface area contributed by atoms with Crippen LogP contribution < -0.4 is 0 Å². The second kappa shape index (κ2) is 8.12. The lowest BCUT2D eigenvalue weighted by atomic mass is 10.1. The molecule has 1 aliphatic heterocycles. The van der Waals surface area contributed by atoms with Crippen molar-refractivity contribution < 1.29 is 9.32 Å². The van der Waals surface area contributed by atoms with Gasteiger partial charge >= 0.3 is 0 Å². The summed E-state index contributed by atoms with van der Waals surface area (Å²) < 4.78 is 5.32. The highest BCUT2D eigenvalue weighted by molar-refractivity contribution is 5.94. The van der Waals surface area contributed by atoms with E-state index in [1.54, 1.807) is 24.5 Å². The van der Waals surface area contributed by atoms with Crippen molar-refractivity contribution in [1.29, 1.82) is 0 Å². The molecule has 9 heteroatoms. The SMILES string of the molecule is Cc1nc(C2CN(Cc3c(C)noc3C)CCCN2C(=O)c2ccncc2)n[nH]1. The molecule has 1 saturated heterocycles. The molecule has 0 bridgehead atoms. The van der Waals surface area contributed by atoms with E-state index in [9.17, 15) is 4.79 Å². The van der Waals surface area contributed by atoms with E-state index in [1.807, 2.05) is 25.7 Å². The first kappa shape index (κ1) is 19.3. The van der Waals surface area contributed by atoms with E-state index in [0.717, 1.165) is 42.4 Å². The molecule has 29 heavy (non-hydrogen) atoms. The minimum atomic E-state index is -0.247. The van der Waals surface area contributed by atoms with Crippen LogP contribution in [0, 0.1) is 20.8 Å². The Balaban J connectivity index is 1.63. The minimum absolute atomic E-state index is 0.0287. The number of carbonyl (C=O) groups excluding carboxylic acids is 1. The lowest BCUT2D eigenvalue weighted by Crippen LogP contribution is -2.39. The van der Waals surface area contributed by atoms with Gasteiger partial charge in [-0.3, -0.25) is 19.8 Å². The molecule has 1 N–H and O–H groups in total. The third kappa shape index (κ3) is 4.04. The lowest BCUT2D eigenvalue weighted by molar-refractivity contribution is 0.0663. The summed E-state index contributed by atoms with van der Waals surface area (Å²) >= 11 is 0. The second-order valence-electron chi connectivity index (χ2n) is 7.42. The van der Waals surface area contributed by atoms with Gasteiger partial charge in [0.25, 0.3) is 5.91 Å². The largest absolute Gasteiger partial charge is 0.361 e. The number of nitrogens with one attached hydrogen (secondary N) is 1. The van der Waals surface area contributed by atoms with Gasteiger partial charge in [0.1, 0.15) is 17.6 Å². The maximum absolute atomic E-state index is 13.3. The summed E-state index contributed by atoms with van der Waals surface area (Å²) in [6, 6.07) is 3.24. The maximum atomic E-state index is 13.3. The van der Waals surface area contributed by atoms with Crippen LogP contribution >= 0.6 is 0 Å². The van der Waals surface area contributed by atoms with Crippen LogP contribution in [0.1, 0.15) is 51.5 Å². The van der Waals surface area contributed by atoms with Crippen molar-refractivity contribution >= 4 is 5.91 Å². The molecule has 1 atom stereocenters. The topological polar surface area (TPSA) is 104 Å². The normalized spacial score (nSPS) is 18.0. The molecule has 0 radical (unpaired) electrons. The number of rotatable bonds is 4.